The molecular weight excluding hydrogens is 180 g/mol. The van der Waals surface area contributed by atoms with E-state index in [1.165, 1.54) is 7.11 Å². The van der Waals surface area contributed by atoms with Crippen molar-refractivity contribution in [2.24, 2.45) is 0 Å². The number of methoxy groups -OCH3 is 1. The third-order valence-electron chi connectivity index (χ3n) is 1.94. The molecule has 1 aromatic rings. The summed E-state index contributed by atoms with van der Waals surface area (Å²) in [6.45, 7) is 2.07. The minimum atomic E-state index is -0.563. The first-order valence-electron chi connectivity index (χ1n) is 4.58. The lowest BCUT2D eigenvalue weighted by molar-refractivity contribution is 0.403. The van der Waals surface area contributed by atoms with E-state index in [4.69, 9.17) is 4.74 Å². The first kappa shape index (κ1) is 10.5. The van der Waals surface area contributed by atoms with Crippen molar-refractivity contribution >= 4 is 0 Å². The first-order valence-corrected chi connectivity index (χ1v) is 4.58. The van der Waals surface area contributed by atoms with Gasteiger partial charge in [-0.3, -0.25) is 9.59 Å². The summed E-state index contributed by atoms with van der Waals surface area (Å²) in [7, 11) is 1.37. The second kappa shape index (κ2) is 4.61. The predicted octanol–water partition coefficient (Wildman–Crippen LogP) is 0.833. The molecule has 0 fully saturated rings. The Morgan fingerprint density at radius 3 is 2.57 bits per heavy atom. The lowest BCUT2D eigenvalue weighted by Gasteiger charge is -2.02. The van der Waals surface area contributed by atoms with Crippen molar-refractivity contribution in [1.29, 1.82) is 0 Å². The Labute approximate surface area is 82.4 Å². The lowest BCUT2D eigenvalue weighted by Crippen LogP contribution is -2.35. The van der Waals surface area contributed by atoms with Crippen LogP contribution in [0.15, 0.2) is 9.59 Å². The maximum absolute atomic E-state index is 11.0. The monoisotopic (exact) mass is 192 g/mol. The van der Waals surface area contributed by atoms with Gasteiger partial charge in [-0.2, -0.15) is 0 Å². The second-order valence-electron chi connectivity index (χ2n) is 2.97. The van der Waals surface area contributed by atoms with E-state index in [0.29, 0.717) is 0 Å². The zero-order valence-electron chi connectivity index (χ0n) is 8.35. The zero-order valence-corrected chi connectivity index (χ0v) is 8.35. The molecule has 0 aliphatic carbocycles. The Balaban J connectivity index is 2.76. The second-order valence-corrected chi connectivity index (χ2v) is 2.97. The van der Waals surface area contributed by atoms with Crippen LogP contribution < -0.4 is 15.6 Å². The van der Waals surface area contributed by atoms with Crippen LogP contribution in [0.4, 0.5) is 0 Å². The molecule has 0 N–H and O–H groups in total. The minimum absolute atomic E-state index is 0.110. The third-order valence-corrected chi connectivity index (χ3v) is 1.94. The average molecular weight is 192 g/mol. The molecule has 0 aromatic heterocycles. The molecule has 0 amide bonds. The molecule has 0 bridgehead atoms. The quantitative estimate of drug-likeness (QED) is 0.405. The highest BCUT2D eigenvalue weighted by atomic mass is 16.5. The molecule has 0 saturated heterocycles. The molecule has 0 radical (unpaired) electrons. The summed E-state index contributed by atoms with van der Waals surface area (Å²) in [4.78, 5) is 21.9. The summed E-state index contributed by atoms with van der Waals surface area (Å²) in [6.07, 6.45) is 2.82. The molecule has 3 nitrogen and oxygen atoms in total. The molecule has 0 aliphatic rings. The van der Waals surface area contributed by atoms with Gasteiger partial charge >= 0.3 is 0 Å². The van der Waals surface area contributed by atoms with Gasteiger partial charge in [0.15, 0.2) is 5.75 Å². The normalized spacial score (nSPS) is 9.57. The fourth-order valence-corrected chi connectivity index (χ4v) is 1.10. The lowest BCUT2D eigenvalue weighted by atomic mass is 10.1. The Bertz CT molecular complexity index is 439. The van der Waals surface area contributed by atoms with Crippen molar-refractivity contribution in [3.8, 4) is 17.6 Å². The average Bonchev–Trinajstić information content (AvgIpc) is 2.21. The molecule has 0 spiro atoms. The van der Waals surface area contributed by atoms with Gasteiger partial charge in [0, 0.05) is 6.42 Å². The highest BCUT2D eigenvalue weighted by Crippen LogP contribution is 2.07. The van der Waals surface area contributed by atoms with Crippen molar-refractivity contribution in [1.82, 2.24) is 0 Å². The van der Waals surface area contributed by atoms with Gasteiger partial charge in [-0.15, -0.1) is 0 Å². The van der Waals surface area contributed by atoms with Gasteiger partial charge in [0.1, 0.15) is 5.56 Å². The standard InChI is InChI=1S/C11H12O3/c1-3-4-5-6-7-8-9(12)10(13)11(8)14-2/h3-5H2,1-2H3. The van der Waals surface area contributed by atoms with Gasteiger partial charge in [0.2, 0.25) is 5.43 Å². The summed E-state index contributed by atoms with van der Waals surface area (Å²) >= 11 is 0. The van der Waals surface area contributed by atoms with Crippen LogP contribution in [0.3, 0.4) is 0 Å². The summed E-state index contributed by atoms with van der Waals surface area (Å²) in [6, 6.07) is 0. The van der Waals surface area contributed by atoms with E-state index in [9.17, 15) is 9.59 Å². The van der Waals surface area contributed by atoms with Crippen LogP contribution >= 0.6 is 0 Å². The number of rotatable bonds is 3. The summed E-state index contributed by atoms with van der Waals surface area (Å²) in [5, 5.41) is 0. The number of hydrogen-bond acceptors (Lipinski definition) is 3. The molecule has 1 rings (SSSR count). The van der Waals surface area contributed by atoms with Gasteiger partial charge in [-0.1, -0.05) is 25.2 Å². The van der Waals surface area contributed by atoms with Crippen LogP contribution in [0, 0.1) is 11.8 Å². The van der Waals surface area contributed by atoms with Crippen molar-refractivity contribution in [3.63, 3.8) is 0 Å². The van der Waals surface area contributed by atoms with E-state index >= 15 is 0 Å². The van der Waals surface area contributed by atoms with Gasteiger partial charge in [-0.25, -0.2) is 0 Å². The van der Waals surface area contributed by atoms with Crippen LogP contribution in [0.25, 0.3) is 0 Å². The molecule has 0 saturated carbocycles. The maximum atomic E-state index is 11.0. The van der Waals surface area contributed by atoms with E-state index in [1.807, 2.05) is 0 Å². The number of ether oxygens (including phenoxy) is 1. The molecule has 3 heteroatoms. The van der Waals surface area contributed by atoms with E-state index in [1.54, 1.807) is 0 Å². The molecule has 1 aromatic carbocycles. The summed E-state index contributed by atoms with van der Waals surface area (Å²) in [5.74, 6) is 5.62. The van der Waals surface area contributed by atoms with Crippen molar-refractivity contribution < 1.29 is 4.74 Å². The van der Waals surface area contributed by atoms with Crippen LogP contribution in [0.5, 0.6) is 5.75 Å². The van der Waals surface area contributed by atoms with Gasteiger partial charge < -0.3 is 4.74 Å². The van der Waals surface area contributed by atoms with Crippen LogP contribution in [-0.2, 0) is 0 Å². The van der Waals surface area contributed by atoms with Gasteiger partial charge in [0.25, 0.3) is 5.43 Å². The van der Waals surface area contributed by atoms with Gasteiger partial charge in [0.05, 0.1) is 7.11 Å². The van der Waals surface area contributed by atoms with E-state index in [0.717, 1.165) is 19.3 Å². The van der Waals surface area contributed by atoms with Crippen LogP contribution in [0.2, 0.25) is 0 Å². The highest BCUT2D eigenvalue weighted by Gasteiger charge is 2.19. The molecule has 74 valence electrons. The van der Waals surface area contributed by atoms with Crippen molar-refractivity contribution in [2.45, 2.75) is 26.2 Å². The van der Waals surface area contributed by atoms with Crippen molar-refractivity contribution in [3.05, 3.63) is 26.0 Å². The topological polar surface area (TPSA) is 43.4 Å². The minimum Gasteiger partial charge on any atom is -0.491 e. The summed E-state index contributed by atoms with van der Waals surface area (Å²) in [5.41, 5.74) is -0.855. The van der Waals surface area contributed by atoms with E-state index in [-0.39, 0.29) is 11.3 Å². The fraction of sp³-hybridized carbons (Fsp3) is 0.455. The Kier molecular flexibility index (Phi) is 3.47. The van der Waals surface area contributed by atoms with Crippen molar-refractivity contribution in [2.75, 3.05) is 7.11 Å². The number of hydrogen-bond donors (Lipinski definition) is 0. The molecular formula is C11H12O3. The first-order chi connectivity index (χ1) is 6.72. The van der Waals surface area contributed by atoms with Crippen LogP contribution in [0.1, 0.15) is 31.7 Å². The fourth-order valence-electron chi connectivity index (χ4n) is 1.10. The molecule has 0 aliphatic heterocycles. The smallest absolute Gasteiger partial charge is 0.270 e. The molecule has 14 heavy (non-hydrogen) atoms. The highest BCUT2D eigenvalue weighted by molar-refractivity contribution is 5.50. The third kappa shape index (κ3) is 1.85. The maximum Gasteiger partial charge on any atom is 0.270 e. The predicted molar refractivity (Wildman–Crippen MR) is 54.3 cm³/mol. The molecule has 0 unspecified atom stereocenters. The SMILES string of the molecule is CCCCC#Cc1c(OC)c(=O)c1=O. The largest absolute Gasteiger partial charge is 0.491 e. The number of unbranched alkanes of at least 4 members (excludes halogenated alkanes) is 2. The van der Waals surface area contributed by atoms with Crippen LogP contribution in [-0.4, -0.2) is 7.11 Å². The van der Waals surface area contributed by atoms with Gasteiger partial charge in [-0.05, 0) is 6.42 Å². The van der Waals surface area contributed by atoms with E-state index in [2.05, 4.69) is 18.8 Å². The zero-order chi connectivity index (χ0) is 10.6. The summed E-state index contributed by atoms with van der Waals surface area (Å²) < 4.78 is 4.75. The molecule has 0 atom stereocenters. The Morgan fingerprint density at radius 1 is 1.29 bits per heavy atom. The molecule has 0 heterocycles. The Hall–Kier alpha value is -1.56. The Morgan fingerprint density at radius 2 is 2.00 bits per heavy atom. The van der Waals surface area contributed by atoms with E-state index < -0.39 is 10.9 Å².